The van der Waals surface area contributed by atoms with Crippen LogP contribution in [0.25, 0.3) is 0 Å². The minimum absolute atomic E-state index is 0. The Bertz CT molecular complexity index is 404. The number of halogens is 1. The Balaban J connectivity index is 0.00000243. The van der Waals surface area contributed by atoms with E-state index in [9.17, 15) is 0 Å². The third-order valence-corrected chi connectivity index (χ3v) is 5.60. The molecule has 0 aromatic heterocycles. The van der Waals surface area contributed by atoms with Crippen molar-refractivity contribution in [2.75, 3.05) is 39.4 Å². The highest BCUT2D eigenvalue weighted by Crippen LogP contribution is 2.33. The molecule has 6 heteroatoms. The highest BCUT2D eigenvalue weighted by molar-refractivity contribution is 14.0. The Morgan fingerprint density at radius 2 is 1.96 bits per heavy atom. The molecule has 1 saturated carbocycles. The van der Waals surface area contributed by atoms with E-state index in [4.69, 9.17) is 14.5 Å². The Labute approximate surface area is 176 Å². The number of ether oxygens (including phenoxy) is 2. The van der Waals surface area contributed by atoms with Crippen LogP contribution in [0.15, 0.2) is 4.99 Å². The number of hydrogen-bond donors (Lipinski definition) is 1. The first kappa shape index (κ1) is 22.2. The van der Waals surface area contributed by atoms with Crippen molar-refractivity contribution >= 4 is 29.9 Å². The van der Waals surface area contributed by atoms with Gasteiger partial charge >= 0.3 is 0 Å². The number of nitrogens with zero attached hydrogens (tertiary/aromatic N) is 2. The molecule has 26 heavy (non-hydrogen) atoms. The second-order valence-corrected chi connectivity index (χ2v) is 7.83. The first-order valence-corrected chi connectivity index (χ1v) is 10.6. The predicted molar refractivity (Wildman–Crippen MR) is 117 cm³/mol. The van der Waals surface area contributed by atoms with Gasteiger partial charge in [-0.15, -0.1) is 24.0 Å². The fourth-order valence-corrected chi connectivity index (χ4v) is 3.81. The van der Waals surface area contributed by atoms with Crippen molar-refractivity contribution in [1.29, 1.82) is 0 Å². The molecule has 3 rings (SSSR count). The molecule has 0 aromatic carbocycles. The molecule has 3 fully saturated rings. The quantitative estimate of drug-likeness (QED) is 0.249. The van der Waals surface area contributed by atoms with Gasteiger partial charge in [0.1, 0.15) is 0 Å². The maximum Gasteiger partial charge on any atom is 0.193 e. The lowest BCUT2D eigenvalue weighted by Gasteiger charge is -2.35. The first-order chi connectivity index (χ1) is 12.3. The van der Waals surface area contributed by atoms with Gasteiger partial charge in [0.2, 0.25) is 0 Å². The second kappa shape index (κ2) is 12.4. The van der Waals surface area contributed by atoms with Crippen molar-refractivity contribution in [3.8, 4) is 0 Å². The molecule has 2 saturated heterocycles. The van der Waals surface area contributed by atoms with Gasteiger partial charge in [-0.2, -0.15) is 0 Å². The lowest BCUT2D eigenvalue weighted by molar-refractivity contribution is -0.0721. The molecule has 3 aliphatic rings. The number of nitrogens with one attached hydrogen (secondary N) is 1. The second-order valence-electron chi connectivity index (χ2n) is 7.83. The van der Waals surface area contributed by atoms with Crippen LogP contribution in [0.3, 0.4) is 0 Å². The summed E-state index contributed by atoms with van der Waals surface area (Å²) in [5.74, 6) is 2.12. The summed E-state index contributed by atoms with van der Waals surface area (Å²) in [5, 5.41) is 3.47. The molecule has 0 radical (unpaired) electrons. The average molecular weight is 479 g/mol. The molecule has 5 nitrogen and oxygen atoms in total. The Morgan fingerprint density at radius 1 is 1.15 bits per heavy atom. The van der Waals surface area contributed by atoms with E-state index in [2.05, 4.69) is 17.1 Å². The Kier molecular flexibility index (Phi) is 10.6. The van der Waals surface area contributed by atoms with Crippen molar-refractivity contribution in [3.05, 3.63) is 0 Å². The van der Waals surface area contributed by atoms with E-state index in [1.165, 1.54) is 38.5 Å². The topological polar surface area (TPSA) is 46.1 Å². The largest absolute Gasteiger partial charge is 0.376 e. The summed E-state index contributed by atoms with van der Waals surface area (Å²) in [7, 11) is 0. The third-order valence-electron chi connectivity index (χ3n) is 5.60. The van der Waals surface area contributed by atoms with Crippen LogP contribution in [0, 0.1) is 5.92 Å². The van der Waals surface area contributed by atoms with Gasteiger partial charge in [0.25, 0.3) is 0 Å². The Morgan fingerprint density at radius 3 is 2.62 bits per heavy atom. The number of likely N-dealkylation sites (tertiary alicyclic amines) is 1. The van der Waals surface area contributed by atoms with E-state index in [-0.39, 0.29) is 24.0 Å². The molecule has 2 aliphatic heterocycles. The van der Waals surface area contributed by atoms with Gasteiger partial charge in [-0.05, 0) is 57.8 Å². The minimum atomic E-state index is 0. The van der Waals surface area contributed by atoms with Gasteiger partial charge in [0.15, 0.2) is 5.96 Å². The normalized spacial score (nSPS) is 25.0. The van der Waals surface area contributed by atoms with Crippen LogP contribution in [0.5, 0.6) is 0 Å². The maximum atomic E-state index is 6.13. The van der Waals surface area contributed by atoms with Crippen LogP contribution in [-0.4, -0.2) is 62.5 Å². The van der Waals surface area contributed by atoms with Gasteiger partial charge < -0.3 is 19.7 Å². The average Bonchev–Trinajstić information content (AvgIpc) is 3.48. The molecule has 2 heterocycles. The molecular weight excluding hydrogens is 441 g/mol. The van der Waals surface area contributed by atoms with E-state index in [1.54, 1.807) is 0 Å². The van der Waals surface area contributed by atoms with E-state index >= 15 is 0 Å². The van der Waals surface area contributed by atoms with Crippen LogP contribution in [0.2, 0.25) is 0 Å². The van der Waals surface area contributed by atoms with Gasteiger partial charge in [-0.25, -0.2) is 0 Å². The predicted octanol–water partition coefficient (Wildman–Crippen LogP) is 3.81. The number of hydrogen-bond acceptors (Lipinski definition) is 3. The highest BCUT2D eigenvalue weighted by Gasteiger charge is 2.24. The van der Waals surface area contributed by atoms with Gasteiger partial charge in [0, 0.05) is 32.8 Å². The summed E-state index contributed by atoms with van der Waals surface area (Å²) in [5.41, 5.74) is 0. The summed E-state index contributed by atoms with van der Waals surface area (Å²) >= 11 is 0. The standard InChI is InChI=1S/C20H37N3O2.HI/c1-2-21-20(22-12-5-6-17-8-9-17)23-13-10-18(11-14-23)25-16-19-7-3-4-15-24-19;/h17-19H,2-16H2,1H3,(H,21,22);1H. The molecule has 1 unspecified atom stereocenters. The first-order valence-electron chi connectivity index (χ1n) is 10.6. The van der Waals surface area contributed by atoms with Crippen molar-refractivity contribution < 1.29 is 9.47 Å². The molecule has 0 spiro atoms. The van der Waals surface area contributed by atoms with Gasteiger partial charge in [-0.1, -0.05) is 12.8 Å². The smallest absolute Gasteiger partial charge is 0.193 e. The summed E-state index contributed by atoms with van der Waals surface area (Å²) in [6, 6.07) is 0. The number of guanidine groups is 1. The van der Waals surface area contributed by atoms with E-state index in [1.807, 2.05) is 0 Å². The van der Waals surface area contributed by atoms with Crippen LogP contribution in [0.4, 0.5) is 0 Å². The van der Waals surface area contributed by atoms with Crippen molar-refractivity contribution in [2.24, 2.45) is 10.9 Å². The molecule has 0 bridgehead atoms. The van der Waals surface area contributed by atoms with Crippen molar-refractivity contribution in [2.45, 2.75) is 76.9 Å². The number of rotatable bonds is 8. The minimum Gasteiger partial charge on any atom is -0.376 e. The SMILES string of the molecule is CCNC(=NCCCC1CC1)N1CCC(OCC2CCCCO2)CC1.I. The Hall–Kier alpha value is -0.0800. The van der Waals surface area contributed by atoms with Gasteiger partial charge in [0.05, 0.1) is 18.8 Å². The van der Waals surface area contributed by atoms with E-state index in [0.717, 1.165) is 70.5 Å². The van der Waals surface area contributed by atoms with Gasteiger partial charge in [-0.3, -0.25) is 4.99 Å². The number of piperidine rings is 1. The van der Waals surface area contributed by atoms with Crippen LogP contribution in [0.1, 0.15) is 64.7 Å². The molecule has 152 valence electrons. The fourth-order valence-electron chi connectivity index (χ4n) is 3.81. The lowest BCUT2D eigenvalue weighted by atomic mass is 10.1. The molecule has 0 amide bonds. The molecule has 1 N–H and O–H groups in total. The maximum absolute atomic E-state index is 6.13. The van der Waals surface area contributed by atoms with Crippen molar-refractivity contribution in [1.82, 2.24) is 10.2 Å². The zero-order chi connectivity index (χ0) is 17.3. The molecule has 1 aliphatic carbocycles. The zero-order valence-electron chi connectivity index (χ0n) is 16.5. The van der Waals surface area contributed by atoms with Crippen LogP contribution < -0.4 is 5.32 Å². The summed E-state index contributed by atoms with van der Waals surface area (Å²) < 4.78 is 11.9. The van der Waals surface area contributed by atoms with Crippen LogP contribution >= 0.6 is 24.0 Å². The lowest BCUT2D eigenvalue weighted by Crippen LogP contribution is -2.47. The molecular formula is C20H38IN3O2. The van der Waals surface area contributed by atoms with E-state index < -0.39 is 0 Å². The summed E-state index contributed by atoms with van der Waals surface area (Å²) in [6.07, 6.45) is 12.1. The number of aliphatic imine (C=N–C) groups is 1. The summed E-state index contributed by atoms with van der Waals surface area (Å²) in [4.78, 5) is 7.27. The fraction of sp³-hybridized carbons (Fsp3) is 0.950. The highest BCUT2D eigenvalue weighted by atomic mass is 127. The third kappa shape index (κ3) is 7.89. The molecule has 1 atom stereocenters. The van der Waals surface area contributed by atoms with Crippen molar-refractivity contribution in [3.63, 3.8) is 0 Å². The zero-order valence-corrected chi connectivity index (χ0v) is 18.8. The molecule has 0 aromatic rings. The monoisotopic (exact) mass is 479 g/mol. The summed E-state index contributed by atoms with van der Waals surface area (Å²) in [6.45, 7) is 7.84. The van der Waals surface area contributed by atoms with Crippen LogP contribution in [-0.2, 0) is 9.47 Å². The van der Waals surface area contributed by atoms with E-state index in [0.29, 0.717) is 12.2 Å².